The number of nitriles is 1. The first-order chi connectivity index (χ1) is 13.3. The number of pyridine rings is 1. The molecule has 1 fully saturated rings. The third-order valence-corrected chi connectivity index (χ3v) is 4.46. The van der Waals surface area contributed by atoms with Crippen molar-refractivity contribution >= 4 is 22.6 Å². The van der Waals surface area contributed by atoms with Crippen LogP contribution in [0.15, 0.2) is 24.5 Å². The van der Waals surface area contributed by atoms with Crippen LogP contribution in [0.2, 0.25) is 0 Å². The molecule has 0 spiro atoms. The van der Waals surface area contributed by atoms with Gasteiger partial charge in [-0.1, -0.05) is 0 Å². The van der Waals surface area contributed by atoms with E-state index in [4.69, 9.17) is 5.26 Å². The van der Waals surface area contributed by atoms with Crippen molar-refractivity contribution in [2.75, 3.05) is 5.32 Å². The Kier molecular flexibility index (Phi) is 4.03. The first-order valence-corrected chi connectivity index (χ1v) is 8.55. The topological polar surface area (TPSA) is 109 Å². The third kappa shape index (κ3) is 3.15. The fourth-order valence-corrected chi connectivity index (χ4v) is 3.05. The average molecular weight is 383 g/mol. The second kappa shape index (κ2) is 6.30. The molecule has 0 saturated heterocycles. The Morgan fingerprint density at radius 3 is 2.86 bits per heavy atom. The fraction of sp³-hybridized carbons (Fsp3) is 0.333. The van der Waals surface area contributed by atoms with Gasteiger partial charge in [-0.15, -0.1) is 0 Å². The molecule has 1 aliphatic carbocycles. The van der Waals surface area contributed by atoms with Gasteiger partial charge in [0, 0.05) is 49.7 Å². The number of carbonyl (C=O) groups is 1. The summed E-state index contributed by atoms with van der Waals surface area (Å²) in [7, 11) is 0. The van der Waals surface area contributed by atoms with Crippen LogP contribution >= 0.6 is 0 Å². The van der Waals surface area contributed by atoms with Crippen molar-refractivity contribution in [3.63, 3.8) is 0 Å². The highest BCUT2D eigenvalue weighted by atomic mass is 19.3. The predicted molar refractivity (Wildman–Crippen MR) is 94.8 cm³/mol. The molecule has 28 heavy (non-hydrogen) atoms. The Labute approximate surface area is 158 Å². The number of anilines is 1. The van der Waals surface area contributed by atoms with Crippen molar-refractivity contribution in [2.45, 2.75) is 32.1 Å². The second-order valence-electron chi connectivity index (χ2n) is 6.77. The zero-order chi connectivity index (χ0) is 20.1. The first-order valence-electron chi connectivity index (χ1n) is 8.55. The number of amides is 1. The summed E-state index contributed by atoms with van der Waals surface area (Å²) in [5, 5.41) is 17.0. The van der Waals surface area contributed by atoms with Gasteiger partial charge in [0.25, 0.3) is 0 Å². The number of nitrogens with one attached hydrogen (secondary N) is 1. The van der Waals surface area contributed by atoms with Crippen LogP contribution in [0.4, 0.5) is 14.6 Å². The van der Waals surface area contributed by atoms with E-state index in [1.54, 1.807) is 12.3 Å². The van der Waals surface area contributed by atoms with Crippen LogP contribution in [0.1, 0.15) is 37.7 Å². The quantitative estimate of drug-likeness (QED) is 0.742. The number of fused-ring (bicyclic) bond motifs is 1. The van der Waals surface area contributed by atoms with E-state index in [1.165, 1.54) is 23.9 Å². The highest BCUT2D eigenvalue weighted by Gasteiger charge is 2.42. The van der Waals surface area contributed by atoms with E-state index in [2.05, 4.69) is 31.4 Å². The molecule has 10 heteroatoms. The molecule has 3 aromatic rings. The standard InChI is InChI=1S/C18H15F2N7O/c1-9(28)24-14-6-13-12(8-23-14)16(11-5-10(11)7-21)26-27(13)15-3-4-22-17(25-15)18(2,19)20/h3-4,6,8,10-11H,5H2,1-2H3,(H,23,24,28). The SMILES string of the molecule is CC(=O)Nc1cc2c(cn1)c(C1CC1C#N)nn2-c1ccnc(C(C)(F)F)n1. The van der Waals surface area contributed by atoms with E-state index in [0.29, 0.717) is 28.8 Å². The molecule has 1 N–H and O–H groups in total. The maximum absolute atomic E-state index is 13.7. The molecule has 0 aromatic carbocycles. The molecule has 1 amide bonds. The zero-order valence-electron chi connectivity index (χ0n) is 15.0. The average Bonchev–Trinajstić information content (AvgIpc) is 3.33. The lowest BCUT2D eigenvalue weighted by Crippen LogP contribution is -2.14. The fourth-order valence-electron chi connectivity index (χ4n) is 3.05. The van der Waals surface area contributed by atoms with Gasteiger partial charge in [-0.25, -0.2) is 19.6 Å². The summed E-state index contributed by atoms with van der Waals surface area (Å²) >= 11 is 0. The Morgan fingerprint density at radius 1 is 1.43 bits per heavy atom. The molecule has 2 unspecified atom stereocenters. The van der Waals surface area contributed by atoms with Gasteiger partial charge in [0.15, 0.2) is 5.82 Å². The Morgan fingerprint density at radius 2 is 2.21 bits per heavy atom. The molecular weight excluding hydrogens is 368 g/mol. The van der Waals surface area contributed by atoms with E-state index < -0.39 is 11.7 Å². The monoisotopic (exact) mass is 383 g/mol. The Bertz CT molecular complexity index is 1130. The molecule has 1 aliphatic rings. The molecule has 0 bridgehead atoms. The molecule has 4 rings (SSSR count). The van der Waals surface area contributed by atoms with Gasteiger partial charge in [0.1, 0.15) is 5.82 Å². The number of hydrogen-bond acceptors (Lipinski definition) is 6. The van der Waals surface area contributed by atoms with E-state index in [9.17, 15) is 13.6 Å². The highest BCUT2D eigenvalue weighted by Crippen LogP contribution is 2.48. The lowest BCUT2D eigenvalue weighted by atomic mass is 10.1. The number of alkyl halides is 2. The highest BCUT2D eigenvalue weighted by molar-refractivity contribution is 5.91. The molecule has 142 valence electrons. The number of rotatable bonds is 4. The summed E-state index contributed by atoms with van der Waals surface area (Å²) in [6.07, 6.45) is 3.48. The van der Waals surface area contributed by atoms with Crippen LogP contribution in [-0.2, 0) is 10.7 Å². The van der Waals surface area contributed by atoms with Crippen molar-refractivity contribution in [2.24, 2.45) is 5.92 Å². The van der Waals surface area contributed by atoms with Gasteiger partial charge >= 0.3 is 5.92 Å². The van der Waals surface area contributed by atoms with E-state index in [-0.39, 0.29) is 23.6 Å². The Hall–Kier alpha value is -3.48. The number of hydrogen-bond donors (Lipinski definition) is 1. The maximum Gasteiger partial charge on any atom is 0.303 e. The van der Waals surface area contributed by atoms with Crippen molar-refractivity contribution in [3.8, 4) is 11.9 Å². The molecule has 0 radical (unpaired) electrons. The maximum atomic E-state index is 13.7. The van der Waals surface area contributed by atoms with E-state index >= 15 is 0 Å². The van der Waals surface area contributed by atoms with E-state index in [0.717, 1.165) is 6.92 Å². The van der Waals surface area contributed by atoms with Gasteiger partial charge in [0.05, 0.1) is 23.2 Å². The largest absolute Gasteiger partial charge is 0.311 e. The number of nitrogens with zero attached hydrogens (tertiary/aromatic N) is 6. The minimum Gasteiger partial charge on any atom is -0.311 e. The van der Waals surface area contributed by atoms with Crippen molar-refractivity contribution in [1.29, 1.82) is 5.26 Å². The summed E-state index contributed by atoms with van der Waals surface area (Å²) in [6, 6.07) is 5.29. The lowest BCUT2D eigenvalue weighted by molar-refractivity contribution is -0.114. The summed E-state index contributed by atoms with van der Waals surface area (Å²) in [4.78, 5) is 23.2. The van der Waals surface area contributed by atoms with E-state index in [1.807, 2.05) is 0 Å². The molecule has 3 heterocycles. The van der Waals surface area contributed by atoms with Gasteiger partial charge in [-0.2, -0.15) is 19.1 Å². The summed E-state index contributed by atoms with van der Waals surface area (Å²) in [5.41, 5.74) is 1.20. The van der Waals surface area contributed by atoms with Gasteiger partial charge in [0.2, 0.25) is 11.7 Å². The number of halogens is 2. The summed E-state index contributed by atoms with van der Waals surface area (Å²) in [5.74, 6) is -3.83. The van der Waals surface area contributed by atoms with Gasteiger partial charge in [-0.05, 0) is 6.42 Å². The number of carbonyl (C=O) groups excluding carboxylic acids is 1. The normalized spacial score (nSPS) is 18.7. The zero-order valence-corrected chi connectivity index (χ0v) is 15.0. The van der Waals surface area contributed by atoms with Crippen LogP contribution in [-0.4, -0.2) is 30.6 Å². The van der Waals surface area contributed by atoms with Gasteiger partial charge < -0.3 is 5.32 Å². The predicted octanol–water partition coefficient (Wildman–Crippen LogP) is 2.91. The van der Waals surface area contributed by atoms with Crippen LogP contribution in [0.5, 0.6) is 0 Å². The minimum atomic E-state index is -3.20. The van der Waals surface area contributed by atoms with Crippen LogP contribution in [0, 0.1) is 17.2 Å². The van der Waals surface area contributed by atoms with Crippen molar-refractivity contribution in [3.05, 3.63) is 36.0 Å². The number of aromatic nitrogens is 5. The van der Waals surface area contributed by atoms with Crippen LogP contribution < -0.4 is 5.32 Å². The minimum absolute atomic E-state index is 0.0453. The van der Waals surface area contributed by atoms with Gasteiger partial charge in [-0.3, -0.25) is 4.79 Å². The molecule has 1 saturated carbocycles. The lowest BCUT2D eigenvalue weighted by Gasteiger charge is -2.10. The van der Waals surface area contributed by atoms with Crippen LogP contribution in [0.25, 0.3) is 16.7 Å². The second-order valence-corrected chi connectivity index (χ2v) is 6.77. The molecular formula is C18H15F2N7O. The molecule has 8 nitrogen and oxygen atoms in total. The first kappa shape index (κ1) is 17.9. The Balaban J connectivity index is 1.89. The smallest absolute Gasteiger partial charge is 0.303 e. The molecule has 3 aromatic heterocycles. The molecule has 0 aliphatic heterocycles. The third-order valence-electron chi connectivity index (χ3n) is 4.46. The summed E-state index contributed by atoms with van der Waals surface area (Å²) in [6.45, 7) is 2.08. The summed E-state index contributed by atoms with van der Waals surface area (Å²) < 4.78 is 28.7. The molecule has 2 atom stereocenters. The van der Waals surface area contributed by atoms with Crippen molar-refractivity contribution < 1.29 is 13.6 Å². The van der Waals surface area contributed by atoms with Crippen LogP contribution in [0.3, 0.4) is 0 Å². The van der Waals surface area contributed by atoms with Crippen molar-refractivity contribution in [1.82, 2.24) is 24.7 Å².